The molecule has 0 aliphatic carbocycles. The zero-order valence-corrected chi connectivity index (χ0v) is 18.0. The van der Waals surface area contributed by atoms with Crippen molar-refractivity contribution in [2.45, 2.75) is 26.9 Å². The van der Waals surface area contributed by atoms with Crippen molar-refractivity contribution in [1.29, 1.82) is 0 Å². The van der Waals surface area contributed by atoms with Crippen LogP contribution in [0.25, 0.3) is 0 Å². The first-order valence-corrected chi connectivity index (χ1v) is 8.97. The van der Waals surface area contributed by atoms with E-state index in [1.54, 1.807) is 11.3 Å². The van der Waals surface area contributed by atoms with Gasteiger partial charge in [0.05, 0.1) is 12.2 Å². The number of thiazole rings is 1. The molecule has 3 heterocycles. The average molecular weight is 476 g/mol. The van der Waals surface area contributed by atoms with E-state index in [0.29, 0.717) is 0 Å². The van der Waals surface area contributed by atoms with Gasteiger partial charge in [-0.15, -0.1) is 35.3 Å². The molecular weight excluding hydrogens is 451 g/mol. The number of aryl methyl sites for hydroxylation is 2. The summed E-state index contributed by atoms with van der Waals surface area (Å²) in [6.07, 6.45) is 1.91. The molecule has 1 fully saturated rings. The number of nitrogens with zero attached hydrogens (tertiary/aromatic N) is 5. The lowest BCUT2D eigenvalue weighted by molar-refractivity contribution is 0.169. The van der Waals surface area contributed by atoms with Crippen molar-refractivity contribution < 1.29 is 4.52 Å². The Hall–Kier alpha value is -1.20. The molecule has 0 unspecified atom stereocenters. The first-order chi connectivity index (χ1) is 11.6. The van der Waals surface area contributed by atoms with Crippen molar-refractivity contribution in [3.63, 3.8) is 0 Å². The maximum absolute atomic E-state index is 5.14. The van der Waals surface area contributed by atoms with Crippen LogP contribution in [0.15, 0.2) is 21.8 Å². The highest BCUT2D eigenvalue weighted by atomic mass is 127. The molecule has 0 bridgehead atoms. The molecule has 0 saturated carbocycles. The Bertz CT molecular complexity index is 692. The van der Waals surface area contributed by atoms with Crippen molar-refractivity contribution >= 4 is 41.3 Å². The van der Waals surface area contributed by atoms with Crippen LogP contribution in [-0.2, 0) is 13.1 Å². The molecular formula is C16H25IN6OS. The second-order valence-electron chi connectivity index (χ2n) is 5.96. The molecule has 1 aliphatic rings. The maximum Gasteiger partial charge on any atom is 0.194 e. The second-order valence-corrected chi connectivity index (χ2v) is 7.28. The molecule has 0 aromatic carbocycles. The summed E-state index contributed by atoms with van der Waals surface area (Å²) in [4.78, 5) is 14.7. The van der Waals surface area contributed by atoms with Crippen LogP contribution in [0.5, 0.6) is 0 Å². The molecule has 0 amide bonds. The minimum atomic E-state index is 0. The Balaban J connectivity index is 0.00000225. The Labute approximate surface area is 169 Å². The van der Waals surface area contributed by atoms with Gasteiger partial charge in [-0.1, -0.05) is 5.16 Å². The zero-order chi connectivity index (χ0) is 16.9. The Morgan fingerprint density at radius 3 is 2.64 bits per heavy atom. The van der Waals surface area contributed by atoms with Gasteiger partial charge in [-0.05, 0) is 13.8 Å². The molecule has 25 heavy (non-hydrogen) atoms. The van der Waals surface area contributed by atoms with Crippen LogP contribution in [0.2, 0.25) is 0 Å². The summed E-state index contributed by atoms with van der Waals surface area (Å²) >= 11 is 1.72. The third-order valence-corrected chi connectivity index (χ3v) is 4.93. The Kier molecular flexibility index (Phi) is 7.63. The van der Waals surface area contributed by atoms with Gasteiger partial charge in [-0.2, -0.15) is 0 Å². The second kappa shape index (κ2) is 9.48. The fourth-order valence-corrected chi connectivity index (χ4v) is 3.54. The van der Waals surface area contributed by atoms with E-state index in [1.807, 2.05) is 26.2 Å². The Morgan fingerprint density at radius 1 is 1.32 bits per heavy atom. The molecule has 1 aliphatic heterocycles. The molecule has 2 aromatic heterocycles. The van der Waals surface area contributed by atoms with Gasteiger partial charge in [0.2, 0.25) is 0 Å². The quantitative estimate of drug-likeness (QED) is 0.415. The summed E-state index contributed by atoms with van der Waals surface area (Å²) in [5.41, 5.74) is 1.00. The number of nitrogens with one attached hydrogen (secondary N) is 1. The highest BCUT2D eigenvalue weighted by Crippen LogP contribution is 2.12. The van der Waals surface area contributed by atoms with E-state index in [-0.39, 0.29) is 24.0 Å². The highest BCUT2D eigenvalue weighted by molar-refractivity contribution is 14.0. The number of hydrogen-bond donors (Lipinski definition) is 1. The predicted octanol–water partition coefficient (Wildman–Crippen LogP) is 2.26. The van der Waals surface area contributed by atoms with Crippen LogP contribution in [0.1, 0.15) is 21.3 Å². The van der Waals surface area contributed by atoms with E-state index in [1.165, 1.54) is 4.88 Å². The summed E-state index contributed by atoms with van der Waals surface area (Å²) in [6, 6.07) is 2.00. The summed E-state index contributed by atoms with van der Waals surface area (Å²) in [5.74, 6) is 1.81. The predicted molar refractivity (Wildman–Crippen MR) is 111 cm³/mol. The molecule has 9 heteroatoms. The number of aromatic nitrogens is 2. The van der Waals surface area contributed by atoms with Crippen molar-refractivity contribution in [3.8, 4) is 0 Å². The van der Waals surface area contributed by atoms with Gasteiger partial charge < -0.3 is 14.7 Å². The standard InChI is InChI=1S/C16H24N6OS.HI/c1-12-8-14(20-23-12)11-21-4-6-22(7-5-21)16(17-3)19-10-15-18-9-13(2)24-15;/h8-9H,4-7,10-11H2,1-3H3,(H,17,19);1H. The van der Waals surface area contributed by atoms with E-state index >= 15 is 0 Å². The zero-order valence-electron chi connectivity index (χ0n) is 14.9. The smallest absolute Gasteiger partial charge is 0.194 e. The fraction of sp³-hybridized carbons (Fsp3) is 0.562. The third-order valence-electron chi connectivity index (χ3n) is 4.01. The monoisotopic (exact) mass is 476 g/mol. The molecule has 0 spiro atoms. The molecule has 3 rings (SSSR count). The van der Waals surface area contributed by atoms with Crippen LogP contribution in [-0.4, -0.2) is 59.1 Å². The van der Waals surface area contributed by atoms with Crippen LogP contribution in [0.3, 0.4) is 0 Å². The molecule has 138 valence electrons. The van der Waals surface area contributed by atoms with Gasteiger partial charge in [0.25, 0.3) is 0 Å². The third kappa shape index (κ3) is 5.65. The van der Waals surface area contributed by atoms with Gasteiger partial charge in [-0.25, -0.2) is 4.98 Å². The van der Waals surface area contributed by atoms with Crippen molar-refractivity contribution in [2.75, 3.05) is 33.2 Å². The molecule has 2 aromatic rings. The number of guanidine groups is 1. The van der Waals surface area contributed by atoms with Gasteiger partial charge >= 0.3 is 0 Å². The first-order valence-electron chi connectivity index (χ1n) is 8.15. The number of aliphatic imine (C=N–C) groups is 1. The van der Waals surface area contributed by atoms with E-state index in [2.05, 4.69) is 37.2 Å². The van der Waals surface area contributed by atoms with Crippen molar-refractivity contribution in [1.82, 2.24) is 25.3 Å². The lowest BCUT2D eigenvalue weighted by Crippen LogP contribution is -2.52. The number of piperazine rings is 1. The summed E-state index contributed by atoms with van der Waals surface area (Å²) in [5, 5.41) is 8.58. The lowest BCUT2D eigenvalue weighted by Gasteiger charge is -2.36. The Morgan fingerprint density at radius 2 is 2.08 bits per heavy atom. The number of halogens is 1. The average Bonchev–Trinajstić information content (AvgIpc) is 3.18. The SMILES string of the molecule is CN=C(NCc1ncc(C)s1)N1CCN(Cc2cc(C)on2)CC1.I. The normalized spacial score (nSPS) is 16.0. The summed E-state index contributed by atoms with van der Waals surface area (Å²) in [7, 11) is 1.83. The first kappa shape index (κ1) is 20.1. The van der Waals surface area contributed by atoms with Gasteiger partial charge in [-0.3, -0.25) is 9.89 Å². The van der Waals surface area contributed by atoms with Gasteiger partial charge in [0.1, 0.15) is 10.8 Å². The highest BCUT2D eigenvalue weighted by Gasteiger charge is 2.20. The maximum atomic E-state index is 5.14. The van der Waals surface area contributed by atoms with E-state index < -0.39 is 0 Å². The van der Waals surface area contributed by atoms with Crippen LogP contribution in [0.4, 0.5) is 0 Å². The van der Waals surface area contributed by atoms with E-state index in [4.69, 9.17) is 4.52 Å². The molecule has 7 nitrogen and oxygen atoms in total. The van der Waals surface area contributed by atoms with Crippen LogP contribution >= 0.6 is 35.3 Å². The van der Waals surface area contributed by atoms with Gasteiger partial charge in [0.15, 0.2) is 5.96 Å². The summed E-state index contributed by atoms with van der Waals surface area (Å²) < 4.78 is 5.14. The van der Waals surface area contributed by atoms with E-state index in [0.717, 1.165) is 61.7 Å². The summed E-state index contributed by atoms with van der Waals surface area (Å²) in [6.45, 7) is 9.45. The van der Waals surface area contributed by atoms with Gasteiger partial charge in [0, 0.05) is 56.9 Å². The fourth-order valence-electron chi connectivity index (χ4n) is 2.81. The van der Waals surface area contributed by atoms with Crippen LogP contribution in [0, 0.1) is 13.8 Å². The molecule has 1 N–H and O–H groups in total. The minimum absolute atomic E-state index is 0. The molecule has 0 atom stereocenters. The number of hydrogen-bond acceptors (Lipinski definition) is 6. The molecule has 0 radical (unpaired) electrons. The van der Waals surface area contributed by atoms with E-state index in [9.17, 15) is 0 Å². The largest absolute Gasteiger partial charge is 0.361 e. The lowest BCUT2D eigenvalue weighted by atomic mass is 10.3. The number of rotatable bonds is 4. The minimum Gasteiger partial charge on any atom is -0.361 e. The van der Waals surface area contributed by atoms with Crippen molar-refractivity contribution in [3.05, 3.63) is 33.6 Å². The van der Waals surface area contributed by atoms with Crippen molar-refractivity contribution in [2.24, 2.45) is 4.99 Å². The topological polar surface area (TPSA) is 69.8 Å². The molecule has 1 saturated heterocycles. The van der Waals surface area contributed by atoms with Crippen LogP contribution < -0.4 is 5.32 Å².